The van der Waals surface area contributed by atoms with Crippen LogP contribution in [0.15, 0.2) is 54.9 Å². The fourth-order valence-electron chi connectivity index (χ4n) is 3.13. The highest BCUT2D eigenvalue weighted by Gasteiger charge is 2.38. The molecule has 0 fully saturated rings. The third-order valence-electron chi connectivity index (χ3n) is 6.15. The largest absolute Gasteiger partial charge is 0.544 e. The van der Waals surface area contributed by atoms with Gasteiger partial charge in [0.1, 0.15) is 11.5 Å². The van der Waals surface area contributed by atoms with Gasteiger partial charge in [-0.1, -0.05) is 45.0 Å². The summed E-state index contributed by atoms with van der Waals surface area (Å²) < 4.78 is 13.8. The zero-order chi connectivity index (χ0) is 21.9. The van der Waals surface area contributed by atoms with E-state index in [-0.39, 0.29) is 5.04 Å². The molecule has 160 valence electrons. The van der Waals surface area contributed by atoms with Crippen LogP contribution >= 0.6 is 0 Å². The molecule has 4 nitrogen and oxygen atoms in total. The average Bonchev–Trinajstić information content (AvgIpc) is 3.02. The molecule has 2 aromatic carbocycles. The molecule has 0 N–H and O–H groups in total. The Balaban J connectivity index is 1.73. The van der Waals surface area contributed by atoms with E-state index in [1.54, 1.807) is 7.11 Å². The van der Waals surface area contributed by atoms with Crippen LogP contribution in [-0.2, 0) is 19.9 Å². The normalized spacial score (nSPS) is 12.1. The first-order valence-corrected chi connectivity index (χ1v) is 13.4. The van der Waals surface area contributed by atoms with Crippen LogP contribution in [0.1, 0.15) is 43.3 Å². The minimum Gasteiger partial charge on any atom is -0.544 e. The Kier molecular flexibility index (Phi) is 6.41. The van der Waals surface area contributed by atoms with Gasteiger partial charge in [-0.05, 0) is 53.5 Å². The number of hydrogen-bond donors (Lipinski definition) is 0. The minimum atomic E-state index is -1.82. The van der Waals surface area contributed by atoms with Gasteiger partial charge in [0.15, 0.2) is 0 Å². The summed E-state index contributed by atoms with van der Waals surface area (Å²) in [5.74, 6) is 1.84. The molecule has 0 amide bonds. The van der Waals surface area contributed by atoms with Crippen molar-refractivity contribution in [1.82, 2.24) is 9.55 Å². The maximum atomic E-state index is 6.41. The Labute approximate surface area is 182 Å². The molecule has 3 rings (SSSR count). The number of aromatic nitrogens is 2. The molecule has 5 heteroatoms. The number of nitrogens with zero attached hydrogens (tertiary/aromatic N) is 2. The smallest absolute Gasteiger partial charge is 0.250 e. The summed E-state index contributed by atoms with van der Waals surface area (Å²) in [7, 11) is 1.94. The topological polar surface area (TPSA) is 36.3 Å². The first kappa shape index (κ1) is 22.2. The number of ether oxygens (including phenoxy) is 1. The standard InChI is InChI=1S/C25H34N2O2Si/c1-25(2,3)30(6,7)29-22-14-10-20(11-15-22)17-24-23(26-18-27(24)4)16-19-8-12-21(28-5)13-9-19/h8-15,18H,16-17H2,1-7H3. The van der Waals surface area contributed by atoms with Crippen molar-refractivity contribution in [2.24, 2.45) is 7.05 Å². The van der Waals surface area contributed by atoms with E-state index in [4.69, 9.17) is 9.16 Å². The van der Waals surface area contributed by atoms with E-state index in [2.05, 4.69) is 86.9 Å². The van der Waals surface area contributed by atoms with Gasteiger partial charge in [0.05, 0.1) is 19.1 Å². The van der Waals surface area contributed by atoms with Gasteiger partial charge >= 0.3 is 0 Å². The maximum Gasteiger partial charge on any atom is 0.250 e. The number of hydrogen-bond acceptors (Lipinski definition) is 3. The predicted octanol–water partition coefficient (Wildman–Crippen LogP) is 5.99. The van der Waals surface area contributed by atoms with Gasteiger partial charge in [0.25, 0.3) is 0 Å². The lowest BCUT2D eigenvalue weighted by molar-refractivity contribution is 0.414. The van der Waals surface area contributed by atoms with Crippen molar-refractivity contribution in [3.05, 3.63) is 77.4 Å². The van der Waals surface area contributed by atoms with E-state index < -0.39 is 8.32 Å². The molecule has 0 atom stereocenters. The fourth-order valence-corrected chi connectivity index (χ4v) is 4.16. The summed E-state index contributed by atoms with van der Waals surface area (Å²) in [6.07, 6.45) is 3.57. The molecule has 0 aliphatic heterocycles. The highest BCUT2D eigenvalue weighted by molar-refractivity contribution is 6.74. The van der Waals surface area contributed by atoms with Gasteiger partial charge in [-0.25, -0.2) is 4.98 Å². The monoisotopic (exact) mass is 422 g/mol. The Hall–Kier alpha value is -2.53. The summed E-state index contributed by atoms with van der Waals surface area (Å²) in [4.78, 5) is 4.66. The summed E-state index contributed by atoms with van der Waals surface area (Å²) in [5, 5.41) is 0.191. The minimum absolute atomic E-state index is 0.191. The van der Waals surface area contributed by atoms with E-state index >= 15 is 0 Å². The SMILES string of the molecule is COc1ccc(Cc2ncn(C)c2Cc2ccc(O[Si](C)(C)C(C)(C)C)cc2)cc1. The molecular formula is C25H34N2O2Si. The van der Waals surface area contributed by atoms with Crippen molar-refractivity contribution in [3.8, 4) is 11.5 Å². The molecule has 3 aromatic rings. The van der Waals surface area contributed by atoms with E-state index in [1.807, 2.05) is 18.5 Å². The highest BCUT2D eigenvalue weighted by atomic mass is 28.4. The number of methoxy groups -OCH3 is 1. The molecule has 0 aliphatic carbocycles. The maximum absolute atomic E-state index is 6.41. The Bertz CT molecular complexity index is 968. The van der Waals surface area contributed by atoms with Crippen LogP contribution in [-0.4, -0.2) is 25.0 Å². The van der Waals surface area contributed by atoms with E-state index in [9.17, 15) is 0 Å². The van der Waals surface area contributed by atoms with E-state index in [1.165, 1.54) is 16.8 Å². The van der Waals surface area contributed by atoms with E-state index in [0.717, 1.165) is 30.0 Å². The highest BCUT2D eigenvalue weighted by Crippen LogP contribution is 2.37. The molecule has 30 heavy (non-hydrogen) atoms. The summed E-state index contributed by atoms with van der Waals surface area (Å²) in [5.41, 5.74) is 4.85. The zero-order valence-corrected chi connectivity index (χ0v) is 20.3. The van der Waals surface area contributed by atoms with Gasteiger partial charge in [-0.15, -0.1) is 0 Å². The van der Waals surface area contributed by atoms with Crippen LogP contribution in [0, 0.1) is 0 Å². The second-order valence-electron chi connectivity index (χ2n) is 9.46. The van der Waals surface area contributed by atoms with Gasteiger partial charge < -0.3 is 13.7 Å². The third-order valence-corrected chi connectivity index (χ3v) is 10.5. The molecule has 0 radical (unpaired) electrons. The fraction of sp³-hybridized carbons (Fsp3) is 0.400. The van der Waals surface area contributed by atoms with Crippen LogP contribution < -0.4 is 9.16 Å². The molecule has 0 spiro atoms. The first-order valence-electron chi connectivity index (χ1n) is 10.5. The quantitative estimate of drug-likeness (QED) is 0.439. The summed E-state index contributed by atoms with van der Waals surface area (Å²) in [6, 6.07) is 16.8. The number of aryl methyl sites for hydroxylation is 1. The van der Waals surface area contributed by atoms with Gasteiger partial charge in [0.2, 0.25) is 8.32 Å². The number of rotatable bonds is 7. The molecule has 0 saturated carbocycles. The second kappa shape index (κ2) is 8.68. The molecule has 0 aliphatic rings. The van der Waals surface area contributed by atoms with Crippen molar-refractivity contribution >= 4 is 8.32 Å². The third kappa shape index (κ3) is 5.14. The van der Waals surface area contributed by atoms with Crippen molar-refractivity contribution in [1.29, 1.82) is 0 Å². The van der Waals surface area contributed by atoms with Gasteiger partial charge in [0, 0.05) is 25.6 Å². The lowest BCUT2D eigenvalue weighted by Gasteiger charge is -2.36. The van der Waals surface area contributed by atoms with Crippen LogP contribution in [0.5, 0.6) is 11.5 Å². The van der Waals surface area contributed by atoms with Crippen LogP contribution in [0.3, 0.4) is 0 Å². The lowest BCUT2D eigenvalue weighted by Crippen LogP contribution is -2.43. The van der Waals surface area contributed by atoms with Crippen LogP contribution in [0.2, 0.25) is 18.1 Å². The molecule has 0 bridgehead atoms. The zero-order valence-electron chi connectivity index (χ0n) is 19.3. The van der Waals surface area contributed by atoms with Crippen molar-refractivity contribution in [2.75, 3.05) is 7.11 Å². The van der Waals surface area contributed by atoms with Crippen molar-refractivity contribution < 1.29 is 9.16 Å². The van der Waals surface area contributed by atoms with Crippen molar-refractivity contribution in [3.63, 3.8) is 0 Å². The van der Waals surface area contributed by atoms with E-state index in [0.29, 0.717) is 0 Å². The average molecular weight is 423 g/mol. The Morgan fingerprint density at radius 1 is 0.867 bits per heavy atom. The lowest BCUT2D eigenvalue weighted by atomic mass is 10.0. The Morgan fingerprint density at radius 2 is 1.40 bits per heavy atom. The summed E-state index contributed by atoms with van der Waals surface area (Å²) in [6.45, 7) is 11.4. The molecule has 0 unspecified atom stereocenters. The van der Waals surface area contributed by atoms with Crippen LogP contribution in [0.25, 0.3) is 0 Å². The second-order valence-corrected chi connectivity index (χ2v) is 14.2. The van der Waals surface area contributed by atoms with Gasteiger partial charge in [-0.3, -0.25) is 0 Å². The molecule has 1 aromatic heterocycles. The van der Waals surface area contributed by atoms with Crippen LogP contribution in [0.4, 0.5) is 0 Å². The first-order chi connectivity index (χ1) is 14.1. The molecular weight excluding hydrogens is 388 g/mol. The Morgan fingerprint density at radius 3 is 1.93 bits per heavy atom. The summed E-state index contributed by atoms with van der Waals surface area (Å²) >= 11 is 0. The number of imidazole rings is 1. The molecule has 1 heterocycles. The van der Waals surface area contributed by atoms with Gasteiger partial charge in [-0.2, -0.15) is 0 Å². The number of benzene rings is 2. The predicted molar refractivity (Wildman–Crippen MR) is 126 cm³/mol. The molecule has 0 saturated heterocycles. The van der Waals surface area contributed by atoms with Crippen molar-refractivity contribution in [2.45, 2.75) is 51.7 Å².